The third kappa shape index (κ3) is 7.93. The SMILES string of the molecule is CC(C)=CCC[C@@H](C)CCCC(=O)[C@H]1[C@@H]2CC(CCSCC(=O)O)=C[C@@H]2C[C@@H]1O. The summed E-state index contributed by atoms with van der Waals surface area (Å²) in [6, 6.07) is 0. The van der Waals surface area contributed by atoms with Crippen LogP contribution in [0.1, 0.15) is 72.1 Å². The fourth-order valence-corrected chi connectivity index (χ4v) is 5.61. The maximum absolute atomic E-state index is 12.9. The van der Waals surface area contributed by atoms with Gasteiger partial charge in [-0.1, -0.05) is 36.6 Å². The van der Waals surface area contributed by atoms with Crippen molar-refractivity contribution in [1.29, 1.82) is 0 Å². The number of carbonyl (C=O) groups is 2. The van der Waals surface area contributed by atoms with Gasteiger partial charge in [0, 0.05) is 12.3 Å². The van der Waals surface area contributed by atoms with Crippen molar-refractivity contribution in [2.45, 2.75) is 78.2 Å². The molecule has 2 aliphatic carbocycles. The van der Waals surface area contributed by atoms with E-state index in [1.54, 1.807) is 0 Å². The molecule has 164 valence electrons. The first kappa shape index (κ1) is 24.2. The van der Waals surface area contributed by atoms with Crippen molar-refractivity contribution in [2.75, 3.05) is 11.5 Å². The van der Waals surface area contributed by atoms with Crippen molar-refractivity contribution >= 4 is 23.5 Å². The van der Waals surface area contributed by atoms with E-state index in [1.165, 1.54) is 29.3 Å². The van der Waals surface area contributed by atoms with Gasteiger partial charge in [0.15, 0.2) is 0 Å². The Bertz CT molecular complexity index is 620. The Morgan fingerprint density at radius 2 is 2.07 bits per heavy atom. The molecular formula is C24H38O4S. The van der Waals surface area contributed by atoms with Gasteiger partial charge in [0.2, 0.25) is 0 Å². The van der Waals surface area contributed by atoms with E-state index in [4.69, 9.17) is 5.11 Å². The summed E-state index contributed by atoms with van der Waals surface area (Å²) >= 11 is 1.44. The zero-order valence-electron chi connectivity index (χ0n) is 18.2. The Hall–Kier alpha value is -1.07. The van der Waals surface area contributed by atoms with Crippen LogP contribution < -0.4 is 0 Å². The first-order valence-electron chi connectivity index (χ1n) is 11.1. The summed E-state index contributed by atoms with van der Waals surface area (Å²) in [4.78, 5) is 23.5. The predicted molar refractivity (Wildman–Crippen MR) is 120 cm³/mol. The molecule has 0 spiro atoms. The van der Waals surface area contributed by atoms with Crippen molar-refractivity contribution in [2.24, 2.45) is 23.7 Å². The molecular weight excluding hydrogens is 384 g/mol. The number of carboxylic acids is 1. The molecule has 0 unspecified atom stereocenters. The van der Waals surface area contributed by atoms with Gasteiger partial charge in [-0.15, -0.1) is 11.8 Å². The summed E-state index contributed by atoms with van der Waals surface area (Å²) in [5.41, 5.74) is 2.71. The van der Waals surface area contributed by atoms with Crippen molar-refractivity contribution in [3.63, 3.8) is 0 Å². The highest BCUT2D eigenvalue weighted by molar-refractivity contribution is 7.99. The summed E-state index contributed by atoms with van der Waals surface area (Å²) < 4.78 is 0. The van der Waals surface area contributed by atoms with E-state index in [9.17, 15) is 14.7 Å². The Balaban J connectivity index is 1.73. The number of aliphatic hydroxyl groups excluding tert-OH is 1. The third-order valence-electron chi connectivity index (χ3n) is 6.38. The lowest BCUT2D eigenvalue weighted by atomic mass is 9.84. The second-order valence-electron chi connectivity index (χ2n) is 9.20. The van der Waals surface area contributed by atoms with Crippen LogP contribution in [0.15, 0.2) is 23.3 Å². The molecule has 0 bridgehead atoms. The van der Waals surface area contributed by atoms with Crippen LogP contribution in [0.5, 0.6) is 0 Å². The van der Waals surface area contributed by atoms with Gasteiger partial charge in [0.25, 0.3) is 0 Å². The molecule has 29 heavy (non-hydrogen) atoms. The highest BCUT2D eigenvalue weighted by atomic mass is 32.2. The summed E-state index contributed by atoms with van der Waals surface area (Å²) in [6.45, 7) is 6.52. The maximum atomic E-state index is 12.9. The molecule has 0 aromatic carbocycles. The molecule has 0 aliphatic heterocycles. The van der Waals surface area contributed by atoms with Gasteiger partial charge in [-0.3, -0.25) is 9.59 Å². The van der Waals surface area contributed by atoms with E-state index in [-0.39, 0.29) is 23.4 Å². The first-order valence-corrected chi connectivity index (χ1v) is 12.3. The summed E-state index contributed by atoms with van der Waals surface area (Å²) in [6.07, 6.45) is 11.4. The molecule has 2 aliphatic rings. The largest absolute Gasteiger partial charge is 0.481 e. The molecule has 1 fully saturated rings. The molecule has 2 N–H and O–H groups in total. The van der Waals surface area contributed by atoms with Crippen LogP contribution in [-0.4, -0.2) is 39.6 Å². The second-order valence-corrected chi connectivity index (χ2v) is 10.3. The van der Waals surface area contributed by atoms with Crippen molar-refractivity contribution in [1.82, 2.24) is 0 Å². The summed E-state index contributed by atoms with van der Waals surface area (Å²) in [5, 5.41) is 19.2. The standard InChI is InChI=1S/C24H38O4S/c1-16(2)6-4-7-17(3)8-5-9-21(25)24-20-13-18(10-11-29-15-23(27)28)12-19(20)14-22(24)26/h6,12,17,19-20,22,24,26H,4-5,7-11,13-15H2,1-3H3,(H,27,28)/t17-,19-,20-,22+,24-/m1/s1. The molecule has 4 nitrogen and oxygen atoms in total. The number of allylic oxidation sites excluding steroid dienone is 4. The van der Waals surface area contributed by atoms with Gasteiger partial charge in [0.05, 0.1) is 11.9 Å². The van der Waals surface area contributed by atoms with E-state index in [1.807, 2.05) is 0 Å². The molecule has 0 aromatic rings. The van der Waals surface area contributed by atoms with Gasteiger partial charge < -0.3 is 10.2 Å². The number of carboxylic acid groups (broad SMARTS) is 1. The Kier molecular flexibility index (Phi) is 9.97. The van der Waals surface area contributed by atoms with Gasteiger partial charge in [-0.2, -0.15) is 0 Å². The Morgan fingerprint density at radius 1 is 1.31 bits per heavy atom. The number of hydrogen-bond acceptors (Lipinski definition) is 4. The Labute approximate surface area is 180 Å². The summed E-state index contributed by atoms with van der Waals surface area (Å²) in [7, 11) is 0. The highest BCUT2D eigenvalue weighted by Gasteiger charge is 2.47. The van der Waals surface area contributed by atoms with Crippen LogP contribution in [0.2, 0.25) is 0 Å². The molecule has 5 atom stereocenters. The van der Waals surface area contributed by atoms with E-state index in [0.717, 1.165) is 37.9 Å². The lowest BCUT2D eigenvalue weighted by molar-refractivity contribution is -0.134. The molecule has 1 saturated carbocycles. The molecule has 0 aromatic heterocycles. The van der Waals surface area contributed by atoms with Crippen LogP contribution in [0.25, 0.3) is 0 Å². The van der Waals surface area contributed by atoms with Gasteiger partial charge in [0.1, 0.15) is 5.78 Å². The minimum absolute atomic E-state index is 0.146. The van der Waals surface area contributed by atoms with E-state index < -0.39 is 12.1 Å². The molecule has 0 saturated heterocycles. The molecule has 0 heterocycles. The highest BCUT2D eigenvalue weighted by Crippen LogP contribution is 2.48. The number of aliphatic carboxylic acids is 1. The number of ketones is 1. The Morgan fingerprint density at radius 3 is 2.76 bits per heavy atom. The predicted octanol–water partition coefficient (Wildman–Crippen LogP) is 5.26. The lowest BCUT2D eigenvalue weighted by Gasteiger charge is -2.21. The number of thioether (sulfide) groups is 1. The number of fused-ring (bicyclic) bond motifs is 1. The topological polar surface area (TPSA) is 74.6 Å². The second kappa shape index (κ2) is 11.9. The van der Waals surface area contributed by atoms with E-state index >= 15 is 0 Å². The number of rotatable bonds is 13. The normalized spacial score (nSPS) is 26.7. The average Bonchev–Trinajstić information content (AvgIpc) is 3.13. The fraction of sp³-hybridized carbons (Fsp3) is 0.750. The quantitative estimate of drug-likeness (QED) is 0.313. The zero-order chi connectivity index (χ0) is 21.4. The van der Waals surface area contributed by atoms with Crippen molar-refractivity contribution < 1.29 is 19.8 Å². The minimum atomic E-state index is -0.771. The molecule has 0 amide bonds. The molecule has 0 radical (unpaired) electrons. The van der Waals surface area contributed by atoms with Crippen molar-refractivity contribution in [3.8, 4) is 0 Å². The van der Waals surface area contributed by atoms with Crippen LogP contribution in [-0.2, 0) is 9.59 Å². The minimum Gasteiger partial charge on any atom is -0.481 e. The van der Waals surface area contributed by atoms with Crippen LogP contribution >= 0.6 is 11.8 Å². The number of aliphatic hydroxyl groups is 1. The zero-order valence-corrected chi connectivity index (χ0v) is 19.0. The van der Waals surface area contributed by atoms with Crippen LogP contribution in [0.4, 0.5) is 0 Å². The van der Waals surface area contributed by atoms with Crippen LogP contribution in [0, 0.1) is 23.7 Å². The lowest BCUT2D eigenvalue weighted by Crippen LogP contribution is -2.28. The maximum Gasteiger partial charge on any atom is 0.313 e. The van der Waals surface area contributed by atoms with Gasteiger partial charge in [-0.25, -0.2) is 0 Å². The van der Waals surface area contributed by atoms with Gasteiger partial charge >= 0.3 is 5.97 Å². The van der Waals surface area contributed by atoms with Gasteiger partial charge in [-0.05, 0) is 75.9 Å². The first-order chi connectivity index (χ1) is 13.8. The third-order valence-corrected chi connectivity index (χ3v) is 7.33. The number of Topliss-reactive ketones (excluding diaryl/α,β-unsaturated/α-hetero) is 1. The average molecular weight is 423 g/mol. The number of hydrogen-bond donors (Lipinski definition) is 2. The monoisotopic (exact) mass is 422 g/mol. The summed E-state index contributed by atoms with van der Waals surface area (Å²) in [5.74, 6) is 1.43. The number of carbonyl (C=O) groups excluding carboxylic acids is 1. The smallest absolute Gasteiger partial charge is 0.313 e. The van der Waals surface area contributed by atoms with E-state index in [0.29, 0.717) is 24.7 Å². The van der Waals surface area contributed by atoms with E-state index in [2.05, 4.69) is 32.9 Å². The fourth-order valence-electron chi connectivity index (χ4n) is 4.89. The van der Waals surface area contributed by atoms with Crippen molar-refractivity contribution in [3.05, 3.63) is 23.3 Å². The molecule has 5 heteroatoms. The van der Waals surface area contributed by atoms with Crippen LogP contribution in [0.3, 0.4) is 0 Å². The molecule has 2 rings (SSSR count).